The van der Waals surface area contributed by atoms with Crippen molar-refractivity contribution in [1.82, 2.24) is 5.32 Å². The van der Waals surface area contributed by atoms with E-state index in [0.717, 1.165) is 30.4 Å². The first-order valence-corrected chi connectivity index (χ1v) is 6.15. The highest BCUT2D eigenvalue weighted by molar-refractivity contribution is 9.10. The number of hydrogen-bond acceptors (Lipinski definition) is 2. The highest BCUT2D eigenvalue weighted by Crippen LogP contribution is 2.10. The molecule has 0 saturated heterocycles. The Bertz CT molecular complexity index is 324. The van der Waals surface area contributed by atoms with E-state index < -0.39 is 5.97 Å². The van der Waals surface area contributed by atoms with Crippen LogP contribution in [0.2, 0.25) is 0 Å². The van der Waals surface area contributed by atoms with E-state index in [0.29, 0.717) is 0 Å². The van der Waals surface area contributed by atoms with Gasteiger partial charge in [-0.15, -0.1) is 0 Å². The van der Waals surface area contributed by atoms with Crippen molar-refractivity contribution in [1.29, 1.82) is 0 Å². The normalized spacial score (nSPS) is 10.3. The third kappa shape index (κ3) is 5.88. The quantitative estimate of drug-likeness (QED) is 0.758. The van der Waals surface area contributed by atoms with E-state index in [1.165, 1.54) is 5.56 Å². The average molecular weight is 286 g/mol. The second-order valence-corrected chi connectivity index (χ2v) is 4.57. The summed E-state index contributed by atoms with van der Waals surface area (Å²) in [4.78, 5) is 10.3. The molecule has 1 aromatic rings. The van der Waals surface area contributed by atoms with E-state index in [1.807, 2.05) is 12.1 Å². The number of aliphatic carboxylic acids is 1. The SMILES string of the molecule is O=C(O)CCCCNCc1ccc(Br)cc1. The molecule has 0 amide bonds. The van der Waals surface area contributed by atoms with Gasteiger partial charge in [-0.25, -0.2) is 0 Å². The van der Waals surface area contributed by atoms with Gasteiger partial charge in [-0.1, -0.05) is 28.1 Å². The van der Waals surface area contributed by atoms with E-state index >= 15 is 0 Å². The van der Waals surface area contributed by atoms with Crippen LogP contribution in [-0.4, -0.2) is 17.6 Å². The van der Waals surface area contributed by atoms with E-state index in [1.54, 1.807) is 0 Å². The fourth-order valence-electron chi connectivity index (χ4n) is 1.36. The van der Waals surface area contributed by atoms with Crippen LogP contribution in [0.4, 0.5) is 0 Å². The Balaban J connectivity index is 2.07. The fraction of sp³-hybridized carbons (Fsp3) is 0.417. The molecule has 0 aliphatic heterocycles. The number of carbonyl (C=O) groups is 1. The van der Waals surface area contributed by atoms with Crippen molar-refractivity contribution in [2.24, 2.45) is 0 Å². The molecule has 1 rings (SSSR count). The van der Waals surface area contributed by atoms with Crippen LogP contribution in [0.1, 0.15) is 24.8 Å². The molecule has 0 radical (unpaired) electrons. The third-order valence-electron chi connectivity index (χ3n) is 2.24. The summed E-state index contributed by atoms with van der Waals surface area (Å²) in [6, 6.07) is 8.16. The van der Waals surface area contributed by atoms with Gasteiger partial charge in [0.15, 0.2) is 0 Å². The summed E-state index contributed by atoms with van der Waals surface area (Å²) >= 11 is 3.39. The molecular formula is C12H16BrNO2. The van der Waals surface area contributed by atoms with Gasteiger partial charge in [0.1, 0.15) is 0 Å². The molecule has 3 nitrogen and oxygen atoms in total. The smallest absolute Gasteiger partial charge is 0.303 e. The molecule has 0 bridgehead atoms. The Morgan fingerprint density at radius 2 is 1.94 bits per heavy atom. The van der Waals surface area contributed by atoms with Crippen molar-refractivity contribution in [3.63, 3.8) is 0 Å². The summed E-state index contributed by atoms with van der Waals surface area (Å²) in [5, 5.41) is 11.7. The van der Waals surface area contributed by atoms with Gasteiger partial charge in [0.05, 0.1) is 0 Å². The van der Waals surface area contributed by atoms with Gasteiger partial charge < -0.3 is 10.4 Å². The molecule has 0 spiro atoms. The van der Waals surface area contributed by atoms with Crippen molar-refractivity contribution in [3.05, 3.63) is 34.3 Å². The molecule has 0 saturated carbocycles. The number of carboxylic acid groups (broad SMARTS) is 1. The van der Waals surface area contributed by atoms with Crippen LogP contribution in [0, 0.1) is 0 Å². The molecule has 0 aliphatic carbocycles. The van der Waals surface area contributed by atoms with Crippen molar-refractivity contribution >= 4 is 21.9 Å². The van der Waals surface area contributed by atoms with E-state index in [2.05, 4.69) is 33.4 Å². The Labute approximate surface area is 104 Å². The van der Waals surface area contributed by atoms with Gasteiger partial charge in [-0.05, 0) is 37.1 Å². The molecular weight excluding hydrogens is 270 g/mol. The van der Waals surface area contributed by atoms with Crippen molar-refractivity contribution in [3.8, 4) is 0 Å². The first kappa shape index (κ1) is 13.2. The lowest BCUT2D eigenvalue weighted by atomic mass is 10.2. The molecule has 16 heavy (non-hydrogen) atoms. The van der Waals surface area contributed by atoms with Crippen LogP contribution in [-0.2, 0) is 11.3 Å². The van der Waals surface area contributed by atoms with Gasteiger partial charge in [0.2, 0.25) is 0 Å². The Hall–Kier alpha value is -0.870. The molecule has 88 valence electrons. The molecule has 4 heteroatoms. The minimum absolute atomic E-state index is 0.264. The van der Waals surface area contributed by atoms with Crippen molar-refractivity contribution in [2.45, 2.75) is 25.8 Å². The van der Waals surface area contributed by atoms with Gasteiger partial charge in [0.25, 0.3) is 0 Å². The first-order valence-electron chi connectivity index (χ1n) is 5.35. The number of rotatable bonds is 7. The maximum atomic E-state index is 10.3. The van der Waals surface area contributed by atoms with E-state index in [-0.39, 0.29) is 6.42 Å². The van der Waals surface area contributed by atoms with Gasteiger partial charge in [-0.2, -0.15) is 0 Å². The largest absolute Gasteiger partial charge is 0.481 e. The summed E-state index contributed by atoms with van der Waals surface area (Å²) in [5.74, 6) is -0.715. The molecule has 0 aliphatic rings. The fourth-order valence-corrected chi connectivity index (χ4v) is 1.63. The number of unbranched alkanes of at least 4 members (excludes halogenated alkanes) is 1. The molecule has 0 heterocycles. The number of nitrogens with one attached hydrogen (secondary N) is 1. The number of hydrogen-bond donors (Lipinski definition) is 2. The highest BCUT2D eigenvalue weighted by atomic mass is 79.9. The number of carboxylic acids is 1. The van der Waals surface area contributed by atoms with Gasteiger partial charge in [0, 0.05) is 17.4 Å². The second-order valence-electron chi connectivity index (χ2n) is 3.65. The molecule has 0 aromatic heterocycles. The van der Waals surface area contributed by atoms with Gasteiger partial charge in [-0.3, -0.25) is 4.79 Å². The average Bonchev–Trinajstić information content (AvgIpc) is 2.25. The minimum Gasteiger partial charge on any atom is -0.481 e. The summed E-state index contributed by atoms with van der Waals surface area (Å²) in [7, 11) is 0. The van der Waals surface area contributed by atoms with Crippen LogP contribution in [0.5, 0.6) is 0 Å². The zero-order valence-electron chi connectivity index (χ0n) is 9.08. The standard InChI is InChI=1S/C12H16BrNO2/c13-11-6-4-10(5-7-11)9-14-8-2-1-3-12(15)16/h4-7,14H,1-3,8-9H2,(H,15,16). The Kier molecular flexibility index (Phi) is 6.11. The van der Waals surface area contributed by atoms with E-state index in [9.17, 15) is 4.79 Å². The van der Waals surface area contributed by atoms with Gasteiger partial charge >= 0.3 is 5.97 Å². The lowest BCUT2D eigenvalue weighted by Gasteiger charge is -2.04. The van der Waals surface area contributed by atoms with Crippen LogP contribution < -0.4 is 5.32 Å². The molecule has 2 N–H and O–H groups in total. The van der Waals surface area contributed by atoms with Crippen molar-refractivity contribution < 1.29 is 9.90 Å². The Morgan fingerprint density at radius 1 is 1.25 bits per heavy atom. The molecule has 0 fully saturated rings. The first-order chi connectivity index (χ1) is 7.68. The maximum Gasteiger partial charge on any atom is 0.303 e. The highest BCUT2D eigenvalue weighted by Gasteiger charge is 1.96. The summed E-state index contributed by atoms with van der Waals surface area (Å²) in [6.45, 7) is 1.70. The lowest BCUT2D eigenvalue weighted by molar-refractivity contribution is -0.137. The monoisotopic (exact) mass is 285 g/mol. The third-order valence-corrected chi connectivity index (χ3v) is 2.77. The van der Waals surface area contributed by atoms with Crippen LogP contribution in [0.25, 0.3) is 0 Å². The summed E-state index contributed by atoms with van der Waals surface area (Å²) < 4.78 is 1.08. The Morgan fingerprint density at radius 3 is 2.56 bits per heavy atom. The molecule has 0 atom stereocenters. The zero-order chi connectivity index (χ0) is 11.8. The topological polar surface area (TPSA) is 49.3 Å². The van der Waals surface area contributed by atoms with Crippen LogP contribution >= 0.6 is 15.9 Å². The minimum atomic E-state index is -0.715. The number of halogens is 1. The van der Waals surface area contributed by atoms with Crippen LogP contribution in [0.3, 0.4) is 0 Å². The summed E-state index contributed by atoms with van der Waals surface area (Å²) in [5.41, 5.74) is 1.24. The number of benzene rings is 1. The van der Waals surface area contributed by atoms with E-state index in [4.69, 9.17) is 5.11 Å². The van der Waals surface area contributed by atoms with Crippen LogP contribution in [0.15, 0.2) is 28.7 Å². The van der Waals surface area contributed by atoms with Crippen molar-refractivity contribution in [2.75, 3.05) is 6.54 Å². The maximum absolute atomic E-state index is 10.3. The second kappa shape index (κ2) is 7.41. The predicted octanol–water partition coefficient (Wildman–Crippen LogP) is 2.79. The molecule has 1 aromatic carbocycles. The summed E-state index contributed by atoms with van der Waals surface area (Å²) in [6.07, 6.45) is 1.91. The zero-order valence-corrected chi connectivity index (χ0v) is 10.7. The lowest BCUT2D eigenvalue weighted by Crippen LogP contribution is -2.14. The molecule has 0 unspecified atom stereocenters. The predicted molar refractivity (Wildman–Crippen MR) is 67.3 cm³/mol.